The Kier molecular flexibility index (Phi) is 22.0. The second-order valence-corrected chi connectivity index (χ2v) is 36.0. The Bertz CT molecular complexity index is 3810. The Morgan fingerprint density at radius 1 is 0.390 bits per heavy atom. The standard InChI is InChI=1S/C26H36NO.C25H32NO.C25H40NO.C16H22NO/c1-17-7-22-15-27(24-6-4-3-5-18(24)2)16-28-25(22)23(8-17)26-12-19-9-20(13-26)11-21(10-19)14-26;1-18-14-20-16-26(23-13-9-8-10-19(23)2)17-27-24(20)22(15-18)25(3,4)21-11-6-5-7-12-21;1-8-24(4,5)20-14-19-16-26(22-13-11-10-12-18(22)3)17-27-23(19)21(15-20)25(6,7)9-2;1-12-6-3-4-9-15(12)17-10-14-8-5-7-13(2)16(14)18-11-17/h7-8,15,18-21,24H,3-6,9-14,16H2,1-2H3;5-7,11-12,14-16,19,23H,8-10,13,17H2,1-4H3;14-16,18,22H,8-13,17H2,1-7H3;5,7-8,10,12,15H,3-4,6,9,11H2,1-2H3/q4*+1. The third kappa shape index (κ3) is 15.3. The number of aryl methyl sites for hydroxylation is 3. The van der Waals surface area contributed by atoms with Gasteiger partial charge in [0.15, 0.2) is 49.0 Å². The second kappa shape index (κ2) is 30.4. The predicted octanol–water partition coefficient (Wildman–Crippen LogP) is 21.3. The molecular formula is C92H130N4O4+4. The van der Waals surface area contributed by atoms with Crippen molar-refractivity contribution in [2.24, 2.45) is 41.4 Å². The van der Waals surface area contributed by atoms with Crippen LogP contribution in [0.3, 0.4) is 0 Å². The smallest absolute Gasteiger partial charge is 0.287 e. The van der Waals surface area contributed by atoms with Crippen molar-refractivity contribution in [3.63, 3.8) is 0 Å². The van der Waals surface area contributed by atoms with Crippen LogP contribution in [0.25, 0.3) is 0 Å². The fraction of sp³-hybridized carbons (Fsp3) is 0.630. The number of para-hydroxylation sites is 1. The van der Waals surface area contributed by atoms with E-state index in [0.29, 0.717) is 49.8 Å². The van der Waals surface area contributed by atoms with Gasteiger partial charge in [-0.15, -0.1) is 0 Å². The molecule has 8 fully saturated rings. The zero-order valence-corrected chi connectivity index (χ0v) is 65.0. The van der Waals surface area contributed by atoms with Gasteiger partial charge in [0.05, 0.1) is 22.3 Å². The van der Waals surface area contributed by atoms with Crippen molar-refractivity contribution in [3.8, 4) is 23.0 Å². The van der Waals surface area contributed by atoms with Gasteiger partial charge in [0.1, 0.15) is 23.0 Å². The van der Waals surface area contributed by atoms with E-state index in [4.69, 9.17) is 18.9 Å². The van der Waals surface area contributed by atoms with Crippen molar-refractivity contribution in [1.29, 1.82) is 0 Å². The van der Waals surface area contributed by atoms with Gasteiger partial charge in [-0.2, -0.15) is 18.3 Å². The first-order valence-corrected chi connectivity index (χ1v) is 40.6. The molecule has 17 rings (SSSR count). The summed E-state index contributed by atoms with van der Waals surface area (Å²) in [5.74, 6) is 10.5. The van der Waals surface area contributed by atoms with Gasteiger partial charge >= 0.3 is 0 Å². The van der Waals surface area contributed by atoms with Gasteiger partial charge in [0.25, 0.3) is 26.9 Å². The molecule has 8 heteroatoms. The van der Waals surface area contributed by atoms with Crippen LogP contribution in [-0.4, -0.2) is 94.3 Å². The fourth-order valence-electron chi connectivity index (χ4n) is 20.9. The highest BCUT2D eigenvalue weighted by Crippen LogP contribution is 2.62. The first kappa shape index (κ1) is 72.3. The van der Waals surface area contributed by atoms with E-state index in [2.05, 4.69) is 232 Å². The molecule has 0 amide bonds. The molecule has 0 aromatic heterocycles. The average molecular weight is 1360 g/mol. The maximum absolute atomic E-state index is 6.61. The molecule has 8 unspecified atom stereocenters. The predicted molar refractivity (Wildman–Crippen MR) is 414 cm³/mol. The van der Waals surface area contributed by atoms with Crippen LogP contribution in [0.5, 0.6) is 23.0 Å². The van der Waals surface area contributed by atoms with Crippen molar-refractivity contribution >= 4 is 24.9 Å². The van der Waals surface area contributed by atoms with E-state index in [1.807, 2.05) is 0 Å². The van der Waals surface area contributed by atoms with Gasteiger partial charge in [-0.05, 0) is 210 Å². The summed E-state index contributed by atoms with van der Waals surface area (Å²) >= 11 is 0. The lowest BCUT2D eigenvalue weighted by Gasteiger charge is -2.57. The van der Waals surface area contributed by atoms with Gasteiger partial charge in [-0.3, -0.25) is 0 Å². The molecule has 4 heterocycles. The fourth-order valence-corrected chi connectivity index (χ4v) is 20.9. The number of benzene rings is 5. The maximum atomic E-state index is 6.61. The van der Waals surface area contributed by atoms with Crippen LogP contribution in [0.1, 0.15) is 304 Å². The highest BCUT2D eigenvalue weighted by atomic mass is 16.5. The molecule has 0 radical (unpaired) electrons. The highest BCUT2D eigenvalue weighted by molar-refractivity contribution is 5.85. The van der Waals surface area contributed by atoms with Gasteiger partial charge in [-0.25, -0.2) is 0 Å². The van der Waals surface area contributed by atoms with Crippen LogP contribution in [0.2, 0.25) is 0 Å². The van der Waals surface area contributed by atoms with Crippen molar-refractivity contribution in [3.05, 3.63) is 152 Å². The number of hydrogen-bond donors (Lipinski definition) is 0. The Morgan fingerprint density at radius 3 is 1.25 bits per heavy atom. The largest absolute Gasteiger partial charge is 0.435 e. The molecule has 4 aliphatic heterocycles. The van der Waals surface area contributed by atoms with Crippen LogP contribution >= 0.6 is 0 Å². The van der Waals surface area contributed by atoms with Gasteiger partial charge < -0.3 is 18.9 Å². The molecule has 5 aromatic carbocycles. The van der Waals surface area contributed by atoms with E-state index in [0.717, 1.165) is 78.2 Å². The summed E-state index contributed by atoms with van der Waals surface area (Å²) < 4.78 is 35.3. The van der Waals surface area contributed by atoms with Gasteiger partial charge in [-0.1, -0.05) is 169 Å². The average Bonchev–Trinajstić information content (AvgIpc) is 0.726. The first-order chi connectivity index (χ1) is 48.0. The zero-order valence-electron chi connectivity index (χ0n) is 65.0. The molecule has 8 atom stereocenters. The molecule has 8 aliphatic carbocycles. The summed E-state index contributed by atoms with van der Waals surface area (Å²) in [6, 6.07) is 34.0. The summed E-state index contributed by atoms with van der Waals surface area (Å²) in [6.45, 7) is 37.7. The normalized spacial score (nSPS) is 28.9. The summed E-state index contributed by atoms with van der Waals surface area (Å²) in [5, 5.41) is 0. The minimum Gasteiger partial charge on any atom is -0.435 e. The minimum absolute atomic E-state index is 0.0918. The SMILES string of the molecule is CCC(C)(C)c1cc2c(c(C(C)(C)CC)c1)OC[N+](C1CCCCC1C)=C2.Cc1cc2c(c(C(C)(C)c3ccccc3)c1)OC[N+](C1CCCCC1C)=C2.Cc1cc2c(c(C34CC5CC(CC(C5)C3)C4)c1)OC[N+](C1CCCCC1C)=C2.Cc1cccc2c1OC[N+](C1CCCCC1C)=C2. The molecule has 8 nitrogen and oxygen atoms in total. The van der Waals surface area contributed by atoms with Crippen molar-refractivity contribution in [2.75, 3.05) is 26.9 Å². The van der Waals surface area contributed by atoms with Gasteiger partial charge in [0.2, 0.25) is 0 Å². The van der Waals surface area contributed by atoms with E-state index < -0.39 is 0 Å². The molecule has 5 aromatic rings. The lowest BCUT2D eigenvalue weighted by Crippen LogP contribution is -2.49. The van der Waals surface area contributed by atoms with E-state index in [-0.39, 0.29) is 16.2 Å². The number of fused-ring (bicyclic) bond motifs is 4. The molecule has 100 heavy (non-hydrogen) atoms. The Labute approximate surface area is 605 Å². The van der Waals surface area contributed by atoms with E-state index in [1.54, 1.807) is 5.56 Å². The number of nitrogens with zero attached hydrogens (tertiary/aromatic N) is 4. The molecule has 0 N–H and O–H groups in total. The Hall–Kier alpha value is -6.02. The molecule has 0 spiro atoms. The number of rotatable bonds is 11. The lowest BCUT2D eigenvalue weighted by atomic mass is 9.48. The van der Waals surface area contributed by atoms with Crippen molar-refractivity contribution < 1.29 is 37.2 Å². The van der Waals surface area contributed by atoms with Crippen LogP contribution in [0.4, 0.5) is 0 Å². The monoisotopic (exact) mass is 1360 g/mol. The Morgan fingerprint density at radius 2 is 0.790 bits per heavy atom. The molecule has 0 saturated heterocycles. The van der Waals surface area contributed by atoms with Crippen molar-refractivity contribution in [1.82, 2.24) is 0 Å². The molecule has 12 aliphatic rings. The van der Waals surface area contributed by atoms with E-state index >= 15 is 0 Å². The summed E-state index contributed by atoms with van der Waals surface area (Å²) in [6.07, 6.45) is 42.2. The molecule has 4 bridgehead atoms. The van der Waals surface area contributed by atoms with Crippen LogP contribution in [0, 0.1) is 62.2 Å². The minimum atomic E-state index is -0.0918. The summed E-state index contributed by atoms with van der Waals surface area (Å²) in [5.41, 5.74) is 16.7. The summed E-state index contributed by atoms with van der Waals surface area (Å²) in [7, 11) is 0. The van der Waals surface area contributed by atoms with E-state index in [9.17, 15) is 0 Å². The first-order valence-electron chi connectivity index (χ1n) is 40.6. The maximum Gasteiger partial charge on any atom is 0.287 e. The molecular weight excluding hydrogens is 1230 g/mol. The van der Waals surface area contributed by atoms with E-state index in [1.165, 1.54) is 208 Å². The zero-order chi connectivity index (χ0) is 70.3. The number of ether oxygens (including phenoxy) is 4. The molecule has 538 valence electrons. The third-order valence-electron chi connectivity index (χ3n) is 27.6. The summed E-state index contributed by atoms with van der Waals surface area (Å²) in [4.78, 5) is 0. The second-order valence-electron chi connectivity index (χ2n) is 36.0. The quantitative estimate of drug-likeness (QED) is 0.124. The topological polar surface area (TPSA) is 49.0 Å². The van der Waals surface area contributed by atoms with Crippen LogP contribution in [0.15, 0.2) is 84.9 Å². The van der Waals surface area contributed by atoms with Gasteiger partial charge in [0, 0.05) is 71.5 Å². The lowest BCUT2D eigenvalue weighted by molar-refractivity contribution is -0.601. The number of hydrogen-bond acceptors (Lipinski definition) is 4. The molecule has 8 saturated carbocycles. The van der Waals surface area contributed by atoms with Crippen LogP contribution in [-0.2, 0) is 21.7 Å². The Balaban J connectivity index is 0.000000121. The highest BCUT2D eigenvalue weighted by Gasteiger charge is 2.53. The third-order valence-corrected chi connectivity index (χ3v) is 27.6. The van der Waals surface area contributed by atoms with Crippen LogP contribution < -0.4 is 18.9 Å². The van der Waals surface area contributed by atoms with Crippen molar-refractivity contribution in [2.45, 2.75) is 304 Å².